The molecule has 2 nitrogen and oxygen atoms in total. The first-order valence-corrected chi connectivity index (χ1v) is 7.23. The highest BCUT2D eigenvalue weighted by Crippen LogP contribution is 2.26. The van der Waals surface area contributed by atoms with E-state index >= 15 is 0 Å². The van der Waals surface area contributed by atoms with E-state index in [0.29, 0.717) is 5.88 Å². The molecule has 4 heteroatoms. The lowest BCUT2D eigenvalue weighted by atomic mass is 9.98. The first-order valence-electron chi connectivity index (χ1n) is 6.70. The van der Waals surface area contributed by atoms with Gasteiger partial charge in [0.25, 0.3) is 0 Å². The highest BCUT2D eigenvalue weighted by molar-refractivity contribution is 6.17. The van der Waals surface area contributed by atoms with Gasteiger partial charge in [-0.1, -0.05) is 13.3 Å². The van der Waals surface area contributed by atoms with Gasteiger partial charge < -0.3 is 4.90 Å². The van der Waals surface area contributed by atoms with Gasteiger partial charge in [-0.25, -0.2) is 9.37 Å². The number of anilines is 1. The molecule has 100 valence electrons. The van der Waals surface area contributed by atoms with Gasteiger partial charge in [0.1, 0.15) is 11.6 Å². The molecule has 0 radical (unpaired) electrons. The van der Waals surface area contributed by atoms with Gasteiger partial charge in [-0.05, 0) is 31.2 Å². The minimum Gasteiger partial charge on any atom is -0.356 e. The van der Waals surface area contributed by atoms with Crippen molar-refractivity contribution in [2.75, 3.05) is 18.0 Å². The van der Waals surface area contributed by atoms with Gasteiger partial charge in [-0.2, -0.15) is 0 Å². The van der Waals surface area contributed by atoms with Crippen LogP contribution in [0.2, 0.25) is 0 Å². The molecule has 2 heterocycles. The number of hydrogen-bond donors (Lipinski definition) is 0. The van der Waals surface area contributed by atoms with Crippen molar-refractivity contribution in [2.45, 2.75) is 38.5 Å². The van der Waals surface area contributed by atoms with Crippen LogP contribution in [-0.4, -0.2) is 18.1 Å². The van der Waals surface area contributed by atoms with E-state index in [9.17, 15) is 4.39 Å². The molecule has 1 fully saturated rings. The quantitative estimate of drug-likeness (QED) is 0.773. The second-order valence-corrected chi connectivity index (χ2v) is 5.23. The molecule has 1 aromatic rings. The van der Waals surface area contributed by atoms with E-state index in [-0.39, 0.29) is 5.82 Å². The van der Waals surface area contributed by atoms with Crippen molar-refractivity contribution in [3.8, 4) is 0 Å². The fraction of sp³-hybridized carbons (Fsp3) is 0.643. The standard InChI is InChI=1S/C14H20ClFN2/c1-2-11-4-3-6-18(7-5-11)14-12(9-15)8-13(16)10-17-14/h8,10-11H,2-7,9H2,1H3. The van der Waals surface area contributed by atoms with Crippen LogP contribution in [0.4, 0.5) is 10.2 Å². The monoisotopic (exact) mass is 270 g/mol. The maximum absolute atomic E-state index is 13.2. The van der Waals surface area contributed by atoms with Gasteiger partial charge in [-0.15, -0.1) is 11.6 Å². The van der Waals surface area contributed by atoms with Crippen LogP contribution < -0.4 is 4.90 Å². The first-order chi connectivity index (χ1) is 8.74. The second-order valence-electron chi connectivity index (χ2n) is 4.96. The lowest BCUT2D eigenvalue weighted by Gasteiger charge is -2.23. The number of nitrogens with zero attached hydrogens (tertiary/aromatic N) is 2. The van der Waals surface area contributed by atoms with Gasteiger partial charge in [0.05, 0.1) is 12.1 Å². The SMILES string of the molecule is CCC1CCCN(c2ncc(F)cc2CCl)CC1. The second kappa shape index (κ2) is 6.37. The van der Waals surface area contributed by atoms with Gasteiger partial charge in [-0.3, -0.25) is 0 Å². The predicted octanol–water partition coefficient (Wildman–Crippen LogP) is 3.98. The summed E-state index contributed by atoms with van der Waals surface area (Å²) in [7, 11) is 0. The molecule has 0 aliphatic carbocycles. The van der Waals surface area contributed by atoms with Gasteiger partial charge in [0.15, 0.2) is 0 Å². The van der Waals surface area contributed by atoms with Crippen molar-refractivity contribution in [2.24, 2.45) is 5.92 Å². The molecule has 18 heavy (non-hydrogen) atoms. The lowest BCUT2D eigenvalue weighted by Crippen LogP contribution is -2.26. The number of pyridine rings is 1. The Morgan fingerprint density at radius 3 is 3.00 bits per heavy atom. The van der Waals surface area contributed by atoms with Crippen molar-refractivity contribution < 1.29 is 4.39 Å². The predicted molar refractivity (Wildman–Crippen MR) is 73.6 cm³/mol. The average molecular weight is 271 g/mol. The van der Waals surface area contributed by atoms with Crippen LogP contribution >= 0.6 is 11.6 Å². The highest BCUT2D eigenvalue weighted by atomic mass is 35.5. The lowest BCUT2D eigenvalue weighted by molar-refractivity contribution is 0.459. The van der Waals surface area contributed by atoms with Crippen LogP contribution in [0.1, 0.15) is 38.2 Å². The highest BCUT2D eigenvalue weighted by Gasteiger charge is 2.19. The van der Waals surface area contributed by atoms with E-state index < -0.39 is 0 Å². The van der Waals surface area contributed by atoms with Crippen molar-refractivity contribution in [3.05, 3.63) is 23.6 Å². The van der Waals surface area contributed by atoms with Crippen LogP contribution in [-0.2, 0) is 5.88 Å². The molecule has 1 atom stereocenters. The first kappa shape index (κ1) is 13.6. The molecule has 0 aromatic carbocycles. The molecule has 1 unspecified atom stereocenters. The summed E-state index contributed by atoms with van der Waals surface area (Å²) in [6.45, 7) is 4.25. The molecule has 1 saturated heterocycles. The molecule has 0 amide bonds. The Morgan fingerprint density at radius 2 is 2.28 bits per heavy atom. The van der Waals surface area contributed by atoms with Crippen molar-refractivity contribution in [1.29, 1.82) is 0 Å². The Hall–Kier alpha value is -0.830. The number of halogens is 2. The van der Waals surface area contributed by atoms with Crippen LogP contribution in [0.15, 0.2) is 12.3 Å². The molecule has 2 rings (SSSR count). The Morgan fingerprint density at radius 1 is 1.44 bits per heavy atom. The van der Waals surface area contributed by atoms with Crippen LogP contribution in [0.3, 0.4) is 0 Å². The normalized spacial score (nSPS) is 20.8. The van der Waals surface area contributed by atoms with Crippen molar-refractivity contribution >= 4 is 17.4 Å². The fourth-order valence-electron chi connectivity index (χ4n) is 2.64. The zero-order valence-electron chi connectivity index (χ0n) is 10.8. The molecule has 0 N–H and O–H groups in total. The van der Waals surface area contributed by atoms with Crippen LogP contribution in [0.5, 0.6) is 0 Å². The van der Waals surface area contributed by atoms with E-state index in [2.05, 4.69) is 16.8 Å². The van der Waals surface area contributed by atoms with Gasteiger partial charge in [0.2, 0.25) is 0 Å². The zero-order valence-corrected chi connectivity index (χ0v) is 11.6. The summed E-state index contributed by atoms with van der Waals surface area (Å²) in [5.74, 6) is 1.68. The maximum Gasteiger partial charge on any atom is 0.141 e. The van der Waals surface area contributed by atoms with Crippen LogP contribution in [0, 0.1) is 11.7 Å². The third kappa shape index (κ3) is 3.14. The number of rotatable bonds is 3. The summed E-state index contributed by atoms with van der Waals surface area (Å²) in [6.07, 6.45) is 6.18. The fourth-order valence-corrected chi connectivity index (χ4v) is 2.84. The van der Waals surface area contributed by atoms with Gasteiger partial charge >= 0.3 is 0 Å². The summed E-state index contributed by atoms with van der Waals surface area (Å²) in [5.41, 5.74) is 0.798. The Balaban J connectivity index is 2.15. The third-order valence-corrected chi connectivity index (χ3v) is 4.07. The van der Waals surface area contributed by atoms with Crippen molar-refractivity contribution in [3.63, 3.8) is 0 Å². The Kier molecular flexibility index (Phi) is 4.81. The molecule has 1 aliphatic rings. The van der Waals surface area contributed by atoms with E-state index in [1.165, 1.54) is 37.9 Å². The number of alkyl halides is 1. The summed E-state index contributed by atoms with van der Waals surface area (Å²) < 4.78 is 13.2. The van der Waals surface area contributed by atoms with E-state index in [4.69, 9.17) is 11.6 Å². The largest absolute Gasteiger partial charge is 0.356 e. The third-order valence-electron chi connectivity index (χ3n) is 3.78. The van der Waals surface area contributed by atoms with E-state index in [1.807, 2.05) is 0 Å². The topological polar surface area (TPSA) is 16.1 Å². The van der Waals surface area contributed by atoms with Gasteiger partial charge in [0, 0.05) is 18.7 Å². The number of hydrogen-bond acceptors (Lipinski definition) is 2. The molecule has 1 aromatic heterocycles. The maximum atomic E-state index is 13.2. The Labute approximate surface area is 113 Å². The minimum atomic E-state index is -0.310. The molecular formula is C14H20ClFN2. The molecule has 1 aliphatic heterocycles. The average Bonchev–Trinajstić information content (AvgIpc) is 2.63. The van der Waals surface area contributed by atoms with E-state index in [1.54, 1.807) is 0 Å². The Bertz CT molecular complexity index is 397. The minimum absolute atomic E-state index is 0.310. The molecule has 0 spiro atoms. The van der Waals surface area contributed by atoms with Crippen LogP contribution in [0.25, 0.3) is 0 Å². The zero-order chi connectivity index (χ0) is 13.0. The molecule has 0 saturated carbocycles. The summed E-state index contributed by atoms with van der Waals surface area (Å²) in [6, 6.07) is 1.50. The molecule has 0 bridgehead atoms. The summed E-state index contributed by atoms with van der Waals surface area (Å²) >= 11 is 5.89. The van der Waals surface area contributed by atoms with Crippen molar-refractivity contribution in [1.82, 2.24) is 4.98 Å². The molecular weight excluding hydrogens is 251 g/mol. The summed E-state index contributed by atoms with van der Waals surface area (Å²) in [5, 5.41) is 0. The van der Waals surface area contributed by atoms with E-state index in [0.717, 1.165) is 30.4 Å². The smallest absolute Gasteiger partial charge is 0.141 e. The summed E-state index contributed by atoms with van der Waals surface area (Å²) in [4.78, 5) is 6.49. The number of aromatic nitrogens is 1.